The summed E-state index contributed by atoms with van der Waals surface area (Å²) in [5, 5.41) is 12.5. The number of amides is 1. The van der Waals surface area contributed by atoms with Crippen molar-refractivity contribution in [2.24, 2.45) is 0 Å². The number of aromatic nitrogens is 1. The summed E-state index contributed by atoms with van der Waals surface area (Å²) < 4.78 is 0. The number of rotatable bonds is 2. The molecule has 6 heteroatoms. The van der Waals surface area contributed by atoms with E-state index < -0.39 is 5.97 Å². The first-order valence-electron chi connectivity index (χ1n) is 6.64. The molecule has 0 atom stereocenters. The van der Waals surface area contributed by atoms with Gasteiger partial charge in [-0.2, -0.15) is 0 Å². The maximum Gasteiger partial charge on any atom is 0.337 e. The highest BCUT2D eigenvalue weighted by molar-refractivity contribution is 6.36. The number of carboxylic acid groups (broad SMARTS) is 1. The summed E-state index contributed by atoms with van der Waals surface area (Å²) in [6.07, 6.45) is 1.67. The van der Waals surface area contributed by atoms with Crippen molar-refractivity contribution in [1.82, 2.24) is 4.98 Å². The third-order valence-electron chi connectivity index (χ3n) is 3.74. The Hall–Kier alpha value is -2.53. The van der Waals surface area contributed by atoms with E-state index >= 15 is 0 Å². The number of hydrogen-bond acceptors (Lipinski definition) is 2. The van der Waals surface area contributed by atoms with Crippen molar-refractivity contribution >= 4 is 40.8 Å². The van der Waals surface area contributed by atoms with E-state index in [2.05, 4.69) is 10.3 Å². The van der Waals surface area contributed by atoms with Gasteiger partial charge in [-0.1, -0.05) is 17.7 Å². The van der Waals surface area contributed by atoms with Gasteiger partial charge in [-0.15, -0.1) is 0 Å². The zero-order valence-electron chi connectivity index (χ0n) is 12.0. The van der Waals surface area contributed by atoms with E-state index in [4.69, 9.17) is 11.6 Å². The summed E-state index contributed by atoms with van der Waals surface area (Å²) in [4.78, 5) is 26.4. The van der Waals surface area contributed by atoms with Crippen LogP contribution in [0.1, 0.15) is 32.9 Å². The molecule has 5 nitrogen and oxygen atoms in total. The van der Waals surface area contributed by atoms with Crippen LogP contribution >= 0.6 is 11.6 Å². The van der Waals surface area contributed by atoms with Gasteiger partial charge in [0.15, 0.2) is 0 Å². The van der Waals surface area contributed by atoms with Crippen LogP contribution in [0.2, 0.25) is 5.02 Å². The van der Waals surface area contributed by atoms with Crippen LogP contribution < -0.4 is 5.32 Å². The first kappa shape index (κ1) is 14.4. The number of fused-ring (bicyclic) bond motifs is 1. The summed E-state index contributed by atoms with van der Waals surface area (Å²) in [6.45, 7) is 3.41. The Bertz CT molecular complexity index is 849. The van der Waals surface area contributed by atoms with Gasteiger partial charge in [-0.05, 0) is 37.6 Å². The molecule has 0 saturated carbocycles. The SMILES string of the molecule is Cc1[nH]c(C=C2C(=O)Nc3cc(Cl)ccc32)c(C)c1C(=O)O. The van der Waals surface area contributed by atoms with E-state index in [1.54, 1.807) is 38.1 Å². The molecule has 0 saturated heterocycles. The van der Waals surface area contributed by atoms with Crippen LogP contribution in [0.25, 0.3) is 11.6 Å². The second-order valence-corrected chi connectivity index (χ2v) is 5.61. The highest BCUT2D eigenvalue weighted by Crippen LogP contribution is 2.35. The molecule has 112 valence electrons. The fraction of sp³-hybridized carbons (Fsp3) is 0.125. The summed E-state index contributed by atoms with van der Waals surface area (Å²) in [6, 6.07) is 5.17. The third kappa shape index (κ3) is 2.19. The molecule has 1 amide bonds. The molecule has 2 aromatic rings. The number of nitrogens with one attached hydrogen (secondary N) is 2. The molecule has 0 bridgehead atoms. The predicted octanol–water partition coefficient (Wildman–Crippen LogP) is 3.48. The molecule has 1 aromatic heterocycles. The van der Waals surface area contributed by atoms with Crippen molar-refractivity contribution in [3.63, 3.8) is 0 Å². The van der Waals surface area contributed by atoms with Crippen molar-refractivity contribution < 1.29 is 14.7 Å². The molecular formula is C16H13ClN2O3. The minimum atomic E-state index is -0.987. The van der Waals surface area contributed by atoms with E-state index in [1.165, 1.54) is 0 Å². The fourth-order valence-corrected chi connectivity index (χ4v) is 2.87. The Labute approximate surface area is 131 Å². The lowest BCUT2D eigenvalue weighted by molar-refractivity contribution is -0.110. The minimum absolute atomic E-state index is 0.235. The number of aromatic amines is 1. The largest absolute Gasteiger partial charge is 0.478 e. The van der Waals surface area contributed by atoms with Gasteiger partial charge in [0, 0.05) is 22.0 Å². The lowest BCUT2D eigenvalue weighted by Crippen LogP contribution is -2.03. The molecule has 0 unspecified atom stereocenters. The van der Waals surface area contributed by atoms with Gasteiger partial charge < -0.3 is 15.4 Å². The molecular weight excluding hydrogens is 304 g/mol. The summed E-state index contributed by atoms with van der Waals surface area (Å²) >= 11 is 5.92. The van der Waals surface area contributed by atoms with Crippen molar-refractivity contribution in [2.45, 2.75) is 13.8 Å². The van der Waals surface area contributed by atoms with Crippen molar-refractivity contribution in [2.75, 3.05) is 5.32 Å². The number of halogens is 1. The zero-order valence-corrected chi connectivity index (χ0v) is 12.7. The average Bonchev–Trinajstić information content (AvgIpc) is 2.87. The Morgan fingerprint density at radius 1 is 1.32 bits per heavy atom. The monoisotopic (exact) mass is 316 g/mol. The maximum atomic E-state index is 12.1. The summed E-state index contributed by atoms with van der Waals surface area (Å²) in [5.41, 5.74) is 3.90. The van der Waals surface area contributed by atoms with Gasteiger partial charge in [0.1, 0.15) is 0 Å². The fourth-order valence-electron chi connectivity index (χ4n) is 2.69. The van der Waals surface area contributed by atoms with Crippen LogP contribution in [0.4, 0.5) is 5.69 Å². The van der Waals surface area contributed by atoms with E-state index in [0.717, 1.165) is 5.56 Å². The number of anilines is 1. The van der Waals surface area contributed by atoms with Crippen LogP contribution in [0.5, 0.6) is 0 Å². The second kappa shape index (κ2) is 5.03. The Kier molecular flexibility index (Phi) is 3.30. The number of benzene rings is 1. The standard InChI is InChI=1S/C16H13ClN2O3/c1-7-12(18-8(2)14(7)16(21)22)6-11-10-4-3-9(17)5-13(10)19-15(11)20/h3-6,18H,1-2H3,(H,19,20)(H,21,22). The molecule has 3 rings (SSSR count). The van der Waals surface area contributed by atoms with Crippen LogP contribution in [-0.4, -0.2) is 22.0 Å². The normalized spacial score (nSPS) is 15.0. The molecule has 0 fully saturated rings. The Morgan fingerprint density at radius 2 is 2.05 bits per heavy atom. The lowest BCUT2D eigenvalue weighted by atomic mass is 10.0. The highest BCUT2D eigenvalue weighted by atomic mass is 35.5. The Morgan fingerprint density at radius 3 is 2.68 bits per heavy atom. The van der Waals surface area contributed by atoms with Gasteiger partial charge in [0.25, 0.3) is 5.91 Å². The zero-order chi connectivity index (χ0) is 16.0. The van der Waals surface area contributed by atoms with Crippen molar-refractivity contribution in [1.29, 1.82) is 0 Å². The Balaban J connectivity index is 2.13. The maximum absolute atomic E-state index is 12.1. The molecule has 3 N–H and O–H groups in total. The van der Waals surface area contributed by atoms with Crippen molar-refractivity contribution in [3.8, 4) is 0 Å². The van der Waals surface area contributed by atoms with Crippen LogP contribution in [0, 0.1) is 13.8 Å². The molecule has 2 heterocycles. The van der Waals surface area contributed by atoms with Crippen LogP contribution in [0.3, 0.4) is 0 Å². The van der Waals surface area contributed by atoms with Gasteiger partial charge >= 0.3 is 5.97 Å². The first-order valence-corrected chi connectivity index (χ1v) is 7.01. The van der Waals surface area contributed by atoms with Gasteiger partial charge in [-0.3, -0.25) is 4.79 Å². The molecule has 1 aromatic carbocycles. The number of hydrogen-bond donors (Lipinski definition) is 3. The van der Waals surface area contributed by atoms with Crippen LogP contribution in [0.15, 0.2) is 18.2 Å². The van der Waals surface area contributed by atoms with Gasteiger partial charge in [0.05, 0.1) is 16.8 Å². The number of carbonyl (C=O) groups is 2. The second-order valence-electron chi connectivity index (χ2n) is 5.17. The van der Waals surface area contributed by atoms with Crippen molar-refractivity contribution in [3.05, 3.63) is 51.3 Å². The number of H-pyrrole nitrogens is 1. The smallest absolute Gasteiger partial charge is 0.337 e. The van der Waals surface area contributed by atoms with E-state index in [-0.39, 0.29) is 11.5 Å². The number of carbonyl (C=O) groups excluding carboxylic acids is 1. The lowest BCUT2D eigenvalue weighted by Gasteiger charge is -1.99. The highest BCUT2D eigenvalue weighted by Gasteiger charge is 2.25. The predicted molar refractivity (Wildman–Crippen MR) is 85.2 cm³/mol. The first-order chi connectivity index (χ1) is 10.4. The molecule has 1 aliphatic heterocycles. The topological polar surface area (TPSA) is 82.2 Å². The average molecular weight is 317 g/mol. The van der Waals surface area contributed by atoms with Crippen LogP contribution in [-0.2, 0) is 4.79 Å². The molecule has 0 aliphatic carbocycles. The molecule has 0 spiro atoms. The van der Waals surface area contributed by atoms with Gasteiger partial charge in [0.2, 0.25) is 0 Å². The summed E-state index contributed by atoms with van der Waals surface area (Å²) in [5.74, 6) is -1.22. The van der Waals surface area contributed by atoms with E-state index in [1.807, 2.05) is 0 Å². The minimum Gasteiger partial charge on any atom is -0.478 e. The quantitative estimate of drug-likeness (QED) is 0.742. The molecule has 1 aliphatic rings. The third-order valence-corrected chi connectivity index (χ3v) is 3.98. The molecule has 0 radical (unpaired) electrons. The van der Waals surface area contributed by atoms with Gasteiger partial charge in [-0.25, -0.2) is 4.79 Å². The number of aromatic carboxylic acids is 1. The van der Waals surface area contributed by atoms with E-state index in [9.17, 15) is 14.7 Å². The number of aryl methyl sites for hydroxylation is 1. The number of carboxylic acids is 1. The molecule has 22 heavy (non-hydrogen) atoms. The van der Waals surface area contributed by atoms with E-state index in [0.29, 0.717) is 33.2 Å². The summed E-state index contributed by atoms with van der Waals surface area (Å²) in [7, 11) is 0.